The molecule has 1 saturated heterocycles. The number of hydrogen-bond acceptors (Lipinski definition) is 10. The predicted octanol–water partition coefficient (Wildman–Crippen LogP) is 4.13. The second-order valence-corrected chi connectivity index (χ2v) is 7.41. The van der Waals surface area contributed by atoms with Crippen LogP contribution in [0.15, 0.2) is 24.3 Å². The normalized spacial score (nSPS) is 13.0. The van der Waals surface area contributed by atoms with Crippen LogP contribution in [0.2, 0.25) is 0 Å². The van der Waals surface area contributed by atoms with Crippen molar-refractivity contribution in [1.29, 1.82) is 0 Å². The van der Waals surface area contributed by atoms with Crippen molar-refractivity contribution >= 4 is 5.97 Å². The van der Waals surface area contributed by atoms with Crippen molar-refractivity contribution in [3.05, 3.63) is 29.8 Å². The molecule has 0 bridgehead atoms. The highest BCUT2D eigenvalue weighted by molar-refractivity contribution is 5.76. The van der Waals surface area contributed by atoms with Crippen LogP contribution in [0.3, 0.4) is 0 Å². The molecule has 0 saturated carbocycles. The lowest BCUT2D eigenvalue weighted by molar-refractivity contribution is -0.237. The molecule has 10 nitrogen and oxygen atoms in total. The van der Waals surface area contributed by atoms with Crippen molar-refractivity contribution in [2.45, 2.75) is 79.9 Å². The van der Waals surface area contributed by atoms with Gasteiger partial charge in [0, 0.05) is 27.6 Å². The first-order valence-electron chi connectivity index (χ1n) is 12.0. The molecule has 204 valence electrons. The predicted molar refractivity (Wildman–Crippen MR) is 137 cm³/mol. The van der Waals surface area contributed by atoms with E-state index in [0.717, 1.165) is 31.7 Å². The van der Waals surface area contributed by atoms with Gasteiger partial charge >= 0.3 is 5.97 Å². The first-order valence-corrected chi connectivity index (χ1v) is 12.0. The summed E-state index contributed by atoms with van der Waals surface area (Å²) >= 11 is 0. The molecule has 2 rings (SSSR count). The Morgan fingerprint density at radius 3 is 1.76 bits per heavy atom. The van der Waals surface area contributed by atoms with Gasteiger partial charge in [0.2, 0.25) is 0 Å². The quantitative estimate of drug-likeness (QED) is 0.186. The zero-order valence-corrected chi connectivity index (χ0v) is 22.3. The summed E-state index contributed by atoms with van der Waals surface area (Å²) in [5, 5.41) is 31.3. The lowest BCUT2D eigenvalue weighted by Gasteiger charge is -2.23. The smallest absolute Gasteiger partial charge is 0.326 e. The molecule has 10 heteroatoms. The summed E-state index contributed by atoms with van der Waals surface area (Å²) in [6, 6.07) is 6.00. The summed E-state index contributed by atoms with van der Waals surface area (Å²) in [7, 11) is 0. The Kier molecular flexibility index (Phi) is 27.9. The molecule has 1 atom stereocenters. The SMILES string of the molecule is C1CNCCN1.CC.CC.CC(C)(C)OC(=O)[C@H](CCc1ccc(OO)cc1)NO.CCOO.[HH]. The van der Waals surface area contributed by atoms with Gasteiger partial charge in [-0.2, -0.15) is 5.48 Å². The Morgan fingerprint density at radius 2 is 1.47 bits per heavy atom. The van der Waals surface area contributed by atoms with Gasteiger partial charge in [0.25, 0.3) is 0 Å². The second-order valence-electron chi connectivity index (χ2n) is 7.41. The summed E-state index contributed by atoms with van der Waals surface area (Å²) < 4.78 is 5.20. The van der Waals surface area contributed by atoms with E-state index in [2.05, 4.69) is 20.4 Å². The summed E-state index contributed by atoms with van der Waals surface area (Å²) in [6.45, 7) is 20.0. The van der Waals surface area contributed by atoms with Crippen molar-refractivity contribution in [2.24, 2.45) is 0 Å². The molecule has 1 aromatic carbocycles. The van der Waals surface area contributed by atoms with Crippen LogP contribution in [0.1, 0.15) is 68.8 Å². The minimum Gasteiger partial charge on any atom is -0.459 e. The van der Waals surface area contributed by atoms with E-state index in [9.17, 15) is 4.79 Å². The minimum absolute atomic E-state index is 0. The van der Waals surface area contributed by atoms with Crippen LogP contribution in [0.4, 0.5) is 0 Å². The van der Waals surface area contributed by atoms with Crippen molar-refractivity contribution in [3.8, 4) is 5.75 Å². The Hall–Kier alpha value is -1.79. The van der Waals surface area contributed by atoms with Gasteiger partial charge in [-0.1, -0.05) is 39.8 Å². The lowest BCUT2D eigenvalue weighted by Crippen LogP contribution is -2.40. The average molecular weight is 494 g/mol. The maximum Gasteiger partial charge on any atom is 0.326 e. The maximum atomic E-state index is 11.8. The zero-order valence-electron chi connectivity index (χ0n) is 22.3. The number of hydroxylamine groups is 1. The third-order valence-corrected chi connectivity index (χ3v) is 3.68. The van der Waals surface area contributed by atoms with Gasteiger partial charge in [0.05, 0.1) is 6.61 Å². The highest BCUT2D eigenvalue weighted by Gasteiger charge is 2.24. The molecular formula is C24H51N3O7. The van der Waals surface area contributed by atoms with Crippen LogP contribution >= 0.6 is 0 Å². The molecule has 0 aliphatic carbocycles. The van der Waals surface area contributed by atoms with E-state index in [1.165, 1.54) is 0 Å². The summed E-state index contributed by atoms with van der Waals surface area (Å²) in [6.07, 6.45) is 0.966. The third-order valence-electron chi connectivity index (χ3n) is 3.68. The van der Waals surface area contributed by atoms with E-state index in [-0.39, 0.29) is 1.43 Å². The van der Waals surface area contributed by atoms with Crippen LogP contribution < -0.4 is 21.0 Å². The number of ether oxygens (including phenoxy) is 1. The first-order chi connectivity index (χ1) is 16.3. The van der Waals surface area contributed by atoms with Crippen molar-refractivity contribution in [2.75, 3.05) is 32.8 Å². The molecule has 0 unspecified atom stereocenters. The Labute approximate surface area is 207 Å². The molecule has 34 heavy (non-hydrogen) atoms. The topological polar surface area (TPSA) is 142 Å². The second kappa shape index (κ2) is 25.8. The summed E-state index contributed by atoms with van der Waals surface area (Å²) in [4.78, 5) is 19.4. The minimum atomic E-state index is -0.775. The van der Waals surface area contributed by atoms with E-state index in [1.807, 2.05) is 33.2 Å². The molecule has 1 aliphatic rings. The number of benzene rings is 1. The molecule has 1 fully saturated rings. The van der Waals surface area contributed by atoms with Gasteiger partial charge in [-0.05, 0) is 58.2 Å². The highest BCUT2D eigenvalue weighted by Crippen LogP contribution is 2.15. The molecule has 0 spiro atoms. The van der Waals surface area contributed by atoms with Crippen LogP contribution in [0, 0.1) is 0 Å². The monoisotopic (exact) mass is 493 g/mol. The van der Waals surface area contributed by atoms with E-state index >= 15 is 0 Å². The largest absolute Gasteiger partial charge is 0.459 e. The average Bonchev–Trinajstić information content (AvgIpc) is 2.87. The fourth-order valence-electron chi connectivity index (χ4n) is 2.24. The molecular weight excluding hydrogens is 442 g/mol. The lowest BCUT2D eigenvalue weighted by atomic mass is 10.1. The molecule has 0 radical (unpaired) electrons. The molecule has 1 aliphatic heterocycles. The van der Waals surface area contributed by atoms with Gasteiger partial charge < -0.3 is 25.5 Å². The fourth-order valence-corrected chi connectivity index (χ4v) is 2.24. The Morgan fingerprint density at radius 1 is 1.03 bits per heavy atom. The number of piperazine rings is 1. The number of aryl methyl sites for hydroxylation is 1. The van der Waals surface area contributed by atoms with Gasteiger partial charge in [0.15, 0.2) is 5.75 Å². The van der Waals surface area contributed by atoms with E-state index < -0.39 is 17.6 Å². The summed E-state index contributed by atoms with van der Waals surface area (Å²) in [5.74, 6) is -0.145. The van der Waals surface area contributed by atoms with E-state index in [1.54, 1.807) is 52.0 Å². The van der Waals surface area contributed by atoms with Gasteiger partial charge in [-0.25, -0.2) is 10.1 Å². The first kappa shape index (κ1) is 36.8. The van der Waals surface area contributed by atoms with Crippen molar-refractivity contribution < 1.29 is 36.5 Å². The molecule has 6 N–H and O–H groups in total. The number of hydrogen-bond donors (Lipinski definition) is 6. The summed E-state index contributed by atoms with van der Waals surface area (Å²) in [5.41, 5.74) is 2.34. The standard InChI is InChI=1S/C14H21NO5.C4H10N2.C2H6O2.2C2H6.H2/c1-14(2,3)19-13(16)12(15-17)9-6-10-4-7-11(20-18)8-5-10;1-2-6-4-3-5-1;1-2-4-3;2*1-2;/h4-5,7-8,12,15,17-18H,6,9H2,1-3H3;5-6H,1-4H2;3H,2H2,1H3;2*1-2H3;1H/t12-;;;;;/m0...../s1. The number of carbonyl (C=O) groups excluding carboxylic acids is 1. The molecule has 0 amide bonds. The zero-order chi connectivity index (χ0) is 26.8. The number of esters is 1. The van der Waals surface area contributed by atoms with Gasteiger partial charge in [-0.15, -0.1) is 0 Å². The molecule has 1 aromatic rings. The van der Waals surface area contributed by atoms with Gasteiger partial charge in [0.1, 0.15) is 11.6 Å². The number of rotatable bonds is 7. The van der Waals surface area contributed by atoms with Crippen LogP contribution in [0.5, 0.6) is 5.75 Å². The van der Waals surface area contributed by atoms with Crippen LogP contribution in [0.25, 0.3) is 0 Å². The fraction of sp³-hybridized carbons (Fsp3) is 0.708. The number of nitrogens with one attached hydrogen (secondary N) is 3. The maximum absolute atomic E-state index is 11.8. The molecule has 0 aromatic heterocycles. The number of carbonyl (C=O) groups is 1. The Bertz CT molecular complexity index is 542. The molecule has 1 heterocycles. The van der Waals surface area contributed by atoms with E-state index in [0.29, 0.717) is 25.2 Å². The highest BCUT2D eigenvalue weighted by atomic mass is 17.1. The van der Waals surface area contributed by atoms with Crippen molar-refractivity contribution in [3.63, 3.8) is 0 Å². The third kappa shape index (κ3) is 23.4. The van der Waals surface area contributed by atoms with E-state index in [4.69, 9.17) is 20.5 Å². The van der Waals surface area contributed by atoms with Crippen LogP contribution in [-0.2, 0) is 20.8 Å². The van der Waals surface area contributed by atoms with Crippen LogP contribution in [-0.4, -0.2) is 66.1 Å². The van der Waals surface area contributed by atoms with Crippen molar-refractivity contribution in [1.82, 2.24) is 16.1 Å². The Balaban J connectivity index is -0.000000263. The van der Waals surface area contributed by atoms with Gasteiger partial charge in [-0.3, -0.25) is 10.1 Å².